The Morgan fingerprint density at radius 1 is 1.58 bits per heavy atom. The van der Waals surface area contributed by atoms with Crippen LogP contribution in [0.3, 0.4) is 0 Å². The maximum atomic E-state index is 11.8. The summed E-state index contributed by atoms with van der Waals surface area (Å²) in [4.78, 5) is 15.8. The number of amides is 1. The van der Waals surface area contributed by atoms with Crippen LogP contribution in [0.5, 0.6) is 0 Å². The maximum Gasteiger partial charge on any atom is 0.237 e. The van der Waals surface area contributed by atoms with Gasteiger partial charge in [0.2, 0.25) is 5.91 Å². The molecule has 0 radical (unpaired) electrons. The Hall–Kier alpha value is -2.08. The number of imidazole rings is 1. The van der Waals surface area contributed by atoms with Crippen molar-refractivity contribution in [2.45, 2.75) is 26.1 Å². The van der Waals surface area contributed by atoms with Crippen molar-refractivity contribution in [1.82, 2.24) is 20.2 Å². The van der Waals surface area contributed by atoms with Crippen LogP contribution in [0.4, 0.5) is 0 Å². The van der Waals surface area contributed by atoms with Gasteiger partial charge in [-0.3, -0.25) is 4.79 Å². The van der Waals surface area contributed by atoms with E-state index in [1.165, 1.54) is 0 Å². The third-order valence-electron chi connectivity index (χ3n) is 2.79. The summed E-state index contributed by atoms with van der Waals surface area (Å²) in [5, 5.41) is 5.97. The fourth-order valence-electron chi connectivity index (χ4n) is 1.66. The maximum absolute atomic E-state index is 11.8. The Labute approximate surface area is 111 Å². The van der Waals surface area contributed by atoms with Gasteiger partial charge in [-0.05, 0) is 19.1 Å². The lowest BCUT2D eigenvalue weighted by molar-refractivity contribution is -0.123. The van der Waals surface area contributed by atoms with E-state index in [0.717, 1.165) is 12.3 Å². The summed E-state index contributed by atoms with van der Waals surface area (Å²) in [7, 11) is 0. The number of furan rings is 1. The van der Waals surface area contributed by atoms with E-state index in [9.17, 15) is 4.79 Å². The number of nitrogens with one attached hydrogen (secondary N) is 2. The second-order valence-corrected chi connectivity index (χ2v) is 4.27. The SMILES string of the molecule is CC(NCCn1ccnc1)C(=O)NCc1ccco1. The lowest BCUT2D eigenvalue weighted by Crippen LogP contribution is -2.42. The summed E-state index contributed by atoms with van der Waals surface area (Å²) in [5.74, 6) is 0.709. The number of hydrogen-bond acceptors (Lipinski definition) is 4. The highest BCUT2D eigenvalue weighted by Gasteiger charge is 2.11. The Morgan fingerprint density at radius 3 is 3.16 bits per heavy atom. The van der Waals surface area contributed by atoms with Gasteiger partial charge >= 0.3 is 0 Å². The molecule has 0 fully saturated rings. The zero-order chi connectivity index (χ0) is 13.5. The van der Waals surface area contributed by atoms with Crippen LogP contribution in [0.15, 0.2) is 41.5 Å². The Bertz CT molecular complexity index is 479. The smallest absolute Gasteiger partial charge is 0.237 e. The molecule has 1 unspecified atom stereocenters. The third kappa shape index (κ3) is 4.26. The second-order valence-electron chi connectivity index (χ2n) is 4.27. The number of nitrogens with zero attached hydrogens (tertiary/aromatic N) is 2. The zero-order valence-corrected chi connectivity index (χ0v) is 10.9. The van der Waals surface area contributed by atoms with E-state index in [2.05, 4.69) is 15.6 Å². The molecule has 0 saturated carbocycles. The molecule has 1 atom stereocenters. The van der Waals surface area contributed by atoms with Crippen LogP contribution in [-0.4, -0.2) is 28.0 Å². The van der Waals surface area contributed by atoms with Crippen LogP contribution < -0.4 is 10.6 Å². The number of aromatic nitrogens is 2. The summed E-state index contributed by atoms with van der Waals surface area (Å²) < 4.78 is 7.11. The van der Waals surface area contributed by atoms with Crippen LogP contribution in [0.25, 0.3) is 0 Å². The van der Waals surface area contributed by atoms with E-state index in [4.69, 9.17) is 4.42 Å². The van der Waals surface area contributed by atoms with Gasteiger partial charge in [-0.15, -0.1) is 0 Å². The molecule has 2 rings (SSSR count). The van der Waals surface area contributed by atoms with Crippen molar-refractivity contribution in [1.29, 1.82) is 0 Å². The van der Waals surface area contributed by atoms with Crippen molar-refractivity contribution in [2.24, 2.45) is 0 Å². The highest BCUT2D eigenvalue weighted by molar-refractivity contribution is 5.81. The molecule has 1 amide bonds. The Kier molecular flexibility index (Phi) is 4.74. The van der Waals surface area contributed by atoms with Crippen molar-refractivity contribution in [3.8, 4) is 0 Å². The molecule has 2 heterocycles. The summed E-state index contributed by atoms with van der Waals surface area (Å²) in [5.41, 5.74) is 0. The molecular formula is C13H18N4O2. The van der Waals surface area contributed by atoms with E-state index < -0.39 is 0 Å². The molecule has 0 aliphatic carbocycles. The van der Waals surface area contributed by atoms with Crippen LogP contribution in [0.2, 0.25) is 0 Å². The van der Waals surface area contributed by atoms with Gasteiger partial charge < -0.3 is 19.6 Å². The van der Waals surface area contributed by atoms with Gasteiger partial charge in [-0.1, -0.05) is 0 Å². The molecule has 2 aromatic heterocycles. The molecule has 0 bridgehead atoms. The van der Waals surface area contributed by atoms with Crippen molar-refractivity contribution in [3.63, 3.8) is 0 Å². The molecule has 6 nitrogen and oxygen atoms in total. The molecule has 2 aromatic rings. The van der Waals surface area contributed by atoms with Crippen molar-refractivity contribution < 1.29 is 9.21 Å². The van der Waals surface area contributed by atoms with Gasteiger partial charge in [0, 0.05) is 25.5 Å². The average molecular weight is 262 g/mol. The topological polar surface area (TPSA) is 72.1 Å². The first kappa shape index (κ1) is 13.4. The second kappa shape index (κ2) is 6.75. The van der Waals surface area contributed by atoms with Crippen LogP contribution >= 0.6 is 0 Å². The lowest BCUT2D eigenvalue weighted by Gasteiger charge is -2.13. The molecular weight excluding hydrogens is 244 g/mol. The molecule has 0 saturated heterocycles. The molecule has 0 aliphatic rings. The summed E-state index contributed by atoms with van der Waals surface area (Å²) in [6.45, 7) is 3.76. The monoisotopic (exact) mass is 262 g/mol. The quantitative estimate of drug-likeness (QED) is 0.773. The summed E-state index contributed by atoms with van der Waals surface area (Å²) in [6, 6.07) is 3.39. The molecule has 0 spiro atoms. The van der Waals surface area contributed by atoms with Crippen molar-refractivity contribution >= 4 is 5.91 Å². The van der Waals surface area contributed by atoms with E-state index in [1.54, 1.807) is 24.9 Å². The minimum Gasteiger partial charge on any atom is -0.467 e. The predicted octanol–water partition coefficient (Wildman–Crippen LogP) is 0.771. The standard InChI is InChI=1S/C13H18N4O2/c1-11(15-5-7-17-6-4-14-10-17)13(18)16-9-12-3-2-8-19-12/h2-4,6,8,10-11,15H,5,7,9H2,1H3,(H,16,18). The highest BCUT2D eigenvalue weighted by atomic mass is 16.3. The average Bonchev–Trinajstić information content (AvgIpc) is 3.08. The fraction of sp³-hybridized carbons (Fsp3) is 0.385. The van der Waals surface area contributed by atoms with Gasteiger partial charge in [0.15, 0.2) is 0 Å². The number of carbonyl (C=O) groups is 1. The highest BCUT2D eigenvalue weighted by Crippen LogP contribution is 1.98. The van der Waals surface area contributed by atoms with Gasteiger partial charge in [0.25, 0.3) is 0 Å². The molecule has 0 aromatic carbocycles. The van der Waals surface area contributed by atoms with E-state index in [0.29, 0.717) is 13.1 Å². The number of hydrogen-bond donors (Lipinski definition) is 2. The van der Waals surface area contributed by atoms with Crippen LogP contribution in [0.1, 0.15) is 12.7 Å². The van der Waals surface area contributed by atoms with Crippen molar-refractivity contribution in [3.05, 3.63) is 42.9 Å². The van der Waals surface area contributed by atoms with Gasteiger partial charge in [-0.2, -0.15) is 0 Å². The first-order valence-corrected chi connectivity index (χ1v) is 6.25. The minimum absolute atomic E-state index is 0.0398. The van der Waals surface area contributed by atoms with Crippen LogP contribution in [0, 0.1) is 0 Å². The third-order valence-corrected chi connectivity index (χ3v) is 2.79. The van der Waals surface area contributed by atoms with E-state index in [-0.39, 0.29) is 11.9 Å². The minimum atomic E-state index is -0.238. The first-order chi connectivity index (χ1) is 9.25. The van der Waals surface area contributed by atoms with Gasteiger partial charge in [0.1, 0.15) is 5.76 Å². The number of rotatable bonds is 7. The van der Waals surface area contributed by atoms with E-state index in [1.807, 2.05) is 23.8 Å². The Balaban J connectivity index is 1.64. The normalized spacial score (nSPS) is 12.3. The van der Waals surface area contributed by atoms with Crippen molar-refractivity contribution in [2.75, 3.05) is 6.54 Å². The van der Waals surface area contributed by atoms with Gasteiger partial charge in [0.05, 0.1) is 25.2 Å². The number of carbonyl (C=O) groups excluding carboxylic acids is 1. The summed E-state index contributed by atoms with van der Waals surface area (Å²) >= 11 is 0. The largest absolute Gasteiger partial charge is 0.467 e. The molecule has 0 aliphatic heterocycles. The molecule has 19 heavy (non-hydrogen) atoms. The first-order valence-electron chi connectivity index (χ1n) is 6.25. The lowest BCUT2D eigenvalue weighted by atomic mass is 10.3. The van der Waals surface area contributed by atoms with E-state index >= 15 is 0 Å². The van der Waals surface area contributed by atoms with Crippen LogP contribution in [-0.2, 0) is 17.9 Å². The molecule has 2 N–H and O–H groups in total. The Morgan fingerprint density at radius 2 is 2.47 bits per heavy atom. The molecule has 6 heteroatoms. The zero-order valence-electron chi connectivity index (χ0n) is 10.9. The summed E-state index contributed by atoms with van der Waals surface area (Å²) in [6.07, 6.45) is 6.97. The fourth-order valence-corrected chi connectivity index (χ4v) is 1.66. The predicted molar refractivity (Wildman–Crippen MR) is 70.2 cm³/mol. The molecule has 102 valence electrons. The van der Waals surface area contributed by atoms with Gasteiger partial charge in [-0.25, -0.2) is 4.98 Å².